The van der Waals surface area contributed by atoms with Crippen LogP contribution >= 0.6 is 0 Å². The molecule has 23 heavy (non-hydrogen) atoms. The lowest BCUT2D eigenvalue weighted by Crippen LogP contribution is -2.30. The predicted octanol–water partition coefficient (Wildman–Crippen LogP) is 2.94. The number of nitrogens with one attached hydrogen (secondary N) is 3. The van der Waals surface area contributed by atoms with Crippen molar-refractivity contribution in [1.29, 1.82) is 0 Å². The Bertz CT molecular complexity index is 796. The number of H-pyrrole nitrogens is 1. The molecular formula is C17H18N4O2. The number of nitrogens with zero attached hydrogens (tertiary/aromatic N) is 1. The number of para-hydroxylation sites is 1. The van der Waals surface area contributed by atoms with Crippen LogP contribution in [0.15, 0.2) is 48.8 Å². The highest BCUT2D eigenvalue weighted by atomic mass is 16.5. The number of benzene rings is 1. The first-order valence-electron chi connectivity index (χ1n) is 7.36. The topological polar surface area (TPSA) is 79.0 Å². The van der Waals surface area contributed by atoms with E-state index in [0.29, 0.717) is 18.1 Å². The molecule has 1 aromatic carbocycles. The van der Waals surface area contributed by atoms with Gasteiger partial charge in [0, 0.05) is 29.7 Å². The average Bonchev–Trinajstić information content (AvgIpc) is 2.99. The van der Waals surface area contributed by atoms with Crippen molar-refractivity contribution < 1.29 is 9.53 Å². The van der Waals surface area contributed by atoms with Gasteiger partial charge in [-0.2, -0.15) is 0 Å². The summed E-state index contributed by atoms with van der Waals surface area (Å²) < 4.78 is 4.97. The molecule has 3 aromatic rings. The molecule has 0 aliphatic heterocycles. The lowest BCUT2D eigenvalue weighted by molar-refractivity contribution is 0.252. The molecule has 0 radical (unpaired) electrons. The summed E-state index contributed by atoms with van der Waals surface area (Å²) in [7, 11) is 1.55. The molecule has 118 valence electrons. The van der Waals surface area contributed by atoms with E-state index < -0.39 is 0 Å². The largest absolute Gasteiger partial charge is 0.481 e. The van der Waals surface area contributed by atoms with Gasteiger partial charge in [0.2, 0.25) is 5.88 Å². The number of aromatic amines is 1. The van der Waals surface area contributed by atoms with E-state index >= 15 is 0 Å². The Morgan fingerprint density at radius 3 is 2.91 bits per heavy atom. The highest BCUT2D eigenvalue weighted by Crippen LogP contribution is 2.17. The SMILES string of the molecule is COc1ccc(NC(=O)NCCc2c[nH]c3ccccc23)cn1. The molecule has 0 atom stereocenters. The van der Waals surface area contributed by atoms with Crippen LogP contribution in [0, 0.1) is 0 Å². The van der Waals surface area contributed by atoms with Crippen LogP contribution in [0.2, 0.25) is 0 Å². The number of ether oxygens (including phenoxy) is 1. The second-order valence-electron chi connectivity index (χ2n) is 5.08. The highest BCUT2D eigenvalue weighted by Gasteiger charge is 2.05. The quantitative estimate of drug-likeness (QED) is 0.678. The molecule has 2 heterocycles. The fraction of sp³-hybridized carbons (Fsp3) is 0.176. The number of urea groups is 1. The Morgan fingerprint density at radius 2 is 2.13 bits per heavy atom. The third-order valence-electron chi connectivity index (χ3n) is 3.56. The van der Waals surface area contributed by atoms with Crippen molar-refractivity contribution in [2.24, 2.45) is 0 Å². The first-order valence-corrected chi connectivity index (χ1v) is 7.36. The zero-order chi connectivity index (χ0) is 16.1. The summed E-state index contributed by atoms with van der Waals surface area (Å²) >= 11 is 0. The minimum atomic E-state index is -0.253. The molecule has 6 heteroatoms. The molecule has 0 bridgehead atoms. The summed E-state index contributed by atoms with van der Waals surface area (Å²) in [6.45, 7) is 0.553. The van der Waals surface area contributed by atoms with Crippen LogP contribution in [0.3, 0.4) is 0 Å². The van der Waals surface area contributed by atoms with Crippen molar-refractivity contribution in [3.63, 3.8) is 0 Å². The molecule has 0 saturated heterocycles. The smallest absolute Gasteiger partial charge is 0.319 e. The minimum absolute atomic E-state index is 0.253. The van der Waals surface area contributed by atoms with Crippen LogP contribution in [-0.2, 0) is 6.42 Å². The maximum absolute atomic E-state index is 11.9. The number of hydrogen-bond acceptors (Lipinski definition) is 3. The van der Waals surface area contributed by atoms with Gasteiger partial charge in [-0.05, 0) is 24.1 Å². The van der Waals surface area contributed by atoms with Gasteiger partial charge in [0.15, 0.2) is 0 Å². The molecule has 0 aliphatic carbocycles. The number of carbonyl (C=O) groups excluding carboxylic acids is 1. The van der Waals surface area contributed by atoms with E-state index in [1.165, 1.54) is 10.9 Å². The van der Waals surface area contributed by atoms with Gasteiger partial charge in [-0.15, -0.1) is 0 Å². The fourth-order valence-electron chi connectivity index (χ4n) is 2.40. The van der Waals surface area contributed by atoms with Gasteiger partial charge in [-0.3, -0.25) is 0 Å². The van der Waals surface area contributed by atoms with E-state index in [-0.39, 0.29) is 6.03 Å². The number of anilines is 1. The Kier molecular flexibility index (Phi) is 4.42. The third-order valence-corrected chi connectivity index (χ3v) is 3.56. The van der Waals surface area contributed by atoms with Gasteiger partial charge in [0.1, 0.15) is 0 Å². The van der Waals surface area contributed by atoms with Crippen molar-refractivity contribution in [2.45, 2.75) is 6.42 Å². The van der Waals surface area contributed by atoms with Gasteiger partial charge in [0.05, 0.1) is 19.0 Å². The summed E-state index contributed by atoms with van der Waals surface area (Å²) in [5, 5.41) is 6.76. The lowest BCUT2D eigenvalue weighted by atomic mass is 10.1. The second kappa shape index (κ2) is 6.83. The van der Waals surface area contributed by atoms with Gasteiger partial charge in [-0.25, -0.2) is 9.78 Å². The minimum Gasteiger partial charge on any atom is -0.481 e. The summed E-state index contributed by atoms with van der Waals surface area (Å²) in [4.78, 5) is 19.1. The molecule has 3 rings (SSSR count). The normalized spacial score (nSPS) is 10.5. The number of fused-ring (bicyclic) bond motifs is 1. The van der Waals surface area contributed by atoms with Crippen molar-refractivity contribution in [2.75, 3.05) is 19.0 Å². The van der Waals surface area contributed by atoms with E-state index in [1.54, 1.807) is 25.4 Å². The van der Waals surface area contributed by atoms with Crippen LogP contribution < -0.4 is 15.4 Å². The summed E-state index contributed by atoms with van der Waals surface area (Å²) in [6, 6.07) is 11.3. The molecule has 0 aliphatic rings. The first-order chi connectivity index (χ1) is 11.3. The zero-order valence-electron chi connectivity index (χ0n) is 12.8. The van der Waals surface area contributed by atoms with E-state index in [1.807, 2.05) is 24.4 Å². The van der Waals surface area contributed by atoms with Gasteiger partial charge in [0.25, 0.3) is 0 Å². The molecular weight excluding hydrogens is 292 g/mol. The van der Waals surface area contributed by atoms with E-state index in [0.717, 1.165) is 11.9 Å². The number of methoxy groups -OCH3 is 1. The number of aromatic nitrogens is 2. The monoisotopic (exact) mass is 310 g/mol. The average molecular weight is 310 g/mol. The molecule has 2 amide bonds. The highest BCUT2D eigenvalue weighted by molar-refractivity contribution is 5.89. The number of carbonyl (C=O) groups is 1. The molecule has 0 saturated carbocycles. The van der Waals surface area contributed by atoms with E-state index in [2.05, 4.69) is 26.7 Å². The Hall–Kier alpha value is -3.02. The van der Waals surface area contributed by atoms with E-state index in [9.17, 15) is 4.79 Å². The Balaban J connectivity index is 1.51. The summed E-state index contributed by atoms with van der Waals surface area (Å²) in [6.07, 6.45) is 4.30. The maximum Gasteiger partial charge on any atom is 0.319 e. The number of amides is 2. The molecule has 6 nitrogen and oxygen atoms in total. The summed E-state index contributed by atoms with van der Waals surface area (Å²) in [5.74, 6) is 0.510. The van der Waals surface area contributed by atoms with Crippen molar-refractivity contribution in [1.82, 2.24) is 15.3 Å². The van der Waals surface area contributed by atoms with Gasteiger partial charge in [-0.1, -0.05) is 18.2 Å². The van der Waals surface area contributed by atoms with Crippen LogP contribution in [0.25, 0.3) is 10.9 Å². The van der Waals surface area contributed by atoms with Crippen LogP contribution in [-0.4, -0.2) is 29.7 Å². The second-order valence-corrected chi connectivity index (χ2v) is 5.08. The van der Waals surface area contributed by atoms with Gasteiger partial charge < -0.3 is 20.4 Å². The lowest BCUT2D eigenvalue weighted by Gasteiger charge is -2.07. The number of hydrogen-bond donors (Lipinski definition) is 3. The molecule has 0 unspecified atom stereocenters. The Labute approximate surface area is 133 Å². The van der Waals surface area contributed by atoms with Gasteiger partial charge >= 0.3 is 6.03 Å². The molecule has 0 fully saturated rings. The maximum atomic E-state index is 11.9. The van der Waals surface area contributed by atoms with Crippen molar-refractivity contribution in [3.05, 3.63) is 54.4 Å². The van der Waals surface area contributed by atoms with Crippen molar-refractivity contribution in [3.8, 4) is 5.88 Å². The predicted molar refractivity (Wildman–Crippen MR) is 89.8 cm³/mol. The molecule has 3 N–H and O–H groups in total. The van der Waals surface area contributed by atoms with Crippen LogP contribution in [0.5, 0.6) is 5.88 Å². The zero-order valence-corrected chi connectivity index (χ0v) is 12.8. The first kappa shape index (κ1) is 14.9. The van der Waals surface area contributed by atoms with Crippen LogP contribution in [0.4, 0.5) is 10.5 Å². The van der Waals surface area contributed by atoms with Crippen molar-refractivity contribution >= 4 is 22.6 Å². The number of rotatable bonds is 5. The standard InChI is InChI=1S/C17H18N4O2/c1-23-16-7-6-13(11-20-16)21-17(22)18-9-8-12-10-19-15-5-3-2-4-14(12)15/h2-7,10-11,19H,8-9H2,1H3,(H2,18,21,22). The molecule has 2 aromatic heterocycles. The summed E-state index contributed by atoms with van der Waals surface area (Å²) in [5.41, 5.74) is 2.92. The fourth-order valence-corrected chi connectivity index (χ4v) is 2.40. The third kappa shape index (κ3) is 3.60. The molecule has 0 spiro atoms. The number of pyridine rings is 1. The Morgan fingerprint density at radius 1 is 1.26 bits per heavy atom. The van der Waals surface area contributed by atoms with E-state index in [4.69, 9.17) is 4.74 Å². The van der Waals surface area contributed by atoms with Crippen LogP contribution in [0.1, 0.15) is 5.56 Å².